The topological polar surface area (TPSA) is 51.0 Å². The molecule has 0 spiro atoms. The van der Waals surface area contributed by atoms with Gasteiger partial charge in [-0.3, -0.25) is 4.79 Å². The van der Waals surface area contributed by atoms with Crippen molar-refractivity contribution in [2.24, 2.45) is 0 Å². The summed E-state index contributed by atoms with van der Waals surface area (Å²) in [6.07, 6.45) is 3.98. The van der Waals surface area contributed by atoms with E-state index < -0.39 is 24.9 Å². The van der Waals surface area contributed by atoms with Crippen LogP contribution in [0.25, 0.3) is 17.6 Å². The minimum atomic E-state index is -2.77. The maximum absolute atomic E-state index is 12.7. The van der Waals surface area contributed by atoms with E-state index in [-0.39, 0.29) is 0 Å². The van der Waals surface area contributed by atoms with Crippen LogP contribution in [0.2, 0.25) is 5.02 Å². The number of benzene rings is 1. The molecule has 0 unspecified atom stereocenters. The minimum Gasteiger partial charge on any atom is -0.327 e. The Morgan fingerprint density at radius 2 is 2.14 bits per heavy atom. The summed E-state index contributed by atoms with van der Waals surface area (Å²) < 4.78 is 26.7. The SMILES string of the molecule is O=C(/C=C\n1cnc(-c2cccc(Cl)c2)n1)N1CC(F)(F)C1. The summed E-state index contributed by atoms with van der Waals surface area (Å²) >= 11 is 5.90. The van der Waals surface area contributed by atoms with Gasteiger partial charge in [-0.15, -0.1) is 5.10 Å². The molecule has 1 aliphatic heterocycles. The first-order valence-corrected chi connectivity index (χ1v) is 6.83. The molecule has 2 aromatic rings. The molecule has 2 heterocycles. The molecule has 5 nitrogen and oxygen atoms in total. The number of aromatic nitrogens is 3. The number of hydrogen-bond donors (Lipinski definition) is 0. The molecule has 22 heavy (non-hydrogen) atoms. The average Bonchev–Trinajstić information content (AvgIpc) is 2.91. The third-order valence-electron chi connectivity index (χ3n) is 3.12. The lowest BCUT2D eigenvalue weighted by molar-refractivity contribution is -0.160. The van der Waals surface area contributed by atoms with E-state index in [1.54, 1.807) is 18.2 Å². The fourth-order valence-corrected chi connectivity index (χ4v) is 2.21. The number of amides is 1. The Morgan fingerprint density at radius 1 is 1.36 bits per heavy atom. The van der Waals surface area contributed by atoms with E-state index in [9.17, 15) is 13.6 Å². The highest BCUT2D eigenvalue weighted by molar-refractivity contribution is 6.30. The minimum absolute atomic E-state index is 0.454. The van der Waals surface area contributed by atoms with Gasteiger partial charge in [0.25, 0.3) is 5.92 Å². The van der Waals surface area contributed by atoms with Crippen LogP contribution in [0.4, 0.5) is 8.78 Å². The van der Waals surface area contributed by atoms with Crippen molar-refractivity contribution in [2.75, 3.05) is 13.1 Å². The van der Waals surface area contributed by atoms with Gasteiger partial charge in [0, 0.05) is 22.9 Å². The highest BCUT2D eigenvalue weighted by Gasteiger charge is 2.45. The fourth-order valence-electron chi connectivity index (χ4n) is 2.02. The molecule has 0 radical (unpaired) electrons. The smallest absolute Gasteiger partial charge is 0.282 e. The standard InChI is InChI=1S/C14H11ClF2N4O/c15-11-3-1-2-10(6-11)13-18-9-21(19-13)5-4-12(22)20-7-14(16,17)8-20/h1-6,9H,7-8H2/b5-4-. The summed E-state index contributed by atoms with van der Waals surface area (Å²) in [7, 11) is 0. The maximum atomic E-state index is 12.7. The molecule has 0 atom stereocenters. The molecule has 1 saturated heterocycles. The molecule has 114 valence electrons. The zero-order chi connectivity index (χ0) is 15.7. The molecule has 0 aliphatic carbocycles. The van der Waals surface area contributed by atoms with Gasteiger partial charge in [0.05, 0.1) is 13.1 Å². The largest absolute Gasteiger partial charge is 0.327 e. The third kappa shape index (κ3) is 3.14. The zero-order valence-corrected chi connectivity index (χ0v) is 12.0. The van der Waals surface area contributed by atoms with Crippen LogP contribution in [-0.4, -0.2) is 44.6 Å². The number of carbonyl (C=O) groups is 1. The van der Waals surface area contributed by atoms with Gasteiger partial charge in [-0.1, -0.05) is 23.7 Å². The number of rotatable bonds is 3. The van der Waals surface area contributed by atoms with E-state index in [0.29, 0.717) is 10.8 Å². The highest BCUT2D eigenvalue weighted by Crippen LogP contribution is 2.26. The first-order valence-electron chi connectivity index (χ1n) is 6.45. The van der Waals surface area contributed by atoms with E-state index in [1.807, 2.05) is 6.07 Å². The Bertz CT molecular complexity index is 736. The second-order valence-corrected chi connectivity index (χ2v) is 5.36. The second-order valence-electron chi connectivity index (χ2n) is 4.92. The van der Waals surface area contributed by atoms with Crippen LogP contribution in [0.1, 0.15) is 0 Å². The Balaban J connectivity index is 1.67. The van der Waals surface area contributed by atoms with Crippen LogP contribution >= 0.6 is 11.6 Å². The Hall–Kier alpha value is -2.28. The van der Waals surface area contributed by atoms with E-state index in [4.69, 9.17) is 11.6 Å². The van der Waals surface area contributed by atoms with Gasteiger partial charge in [-0.25, -0.2) is 18.4 Å². The van der Waals surface area contributed by atoms with Gasteiger partial charge in [0.2, 0.25) is 5.91 Å². The number of hydrogen-bond acceptors (Lipinski definition) is 3. The van der Waals surface area contributed by atoms with Crippen molar-refractivity contribution >= 4 is 23.7 Å². The van der Waals surface area contributed by atoms with Crippen molar-refractivity contribution in [1.29, 1.82) is 0 Å². The van der Waals surface area contributed by atoms with Gasteiger partial charge in [0.1, 0.15) is 6.33 Å². The van der Waals surface area contributed by atoms with Gasteiger partial charge < -0.3 is 4.90 Å². The third-order valence-corrected chi connectivity index (χ3v) is 3.35. The van der Waals surface area contributed by atoms with Crippen molar-refractivity contribution < 1.29 is 13.6 Å². The first kappa shape index (κ1) is 14.6. The monoisotopic (exact) mass is 324 g/mol. The molecule has 1 aliphatic rings. The van der Waals surface area contributed by atoms with Gasteiger partial charge in [-0.05, 0) is 12.1 Å². The van der Waals surface area contributed by atoms with Crippen LogP contribution in [0.3, 0.4) is 0 Å². The van der Waals surface area contributed by atoms with Crippen molar-refractivity contribution in [2.45, 2.75) is 5.92 Å². The molecule has 1 amide bonds. The summed E-state index contributed by atoms with van der Waals surface area (Å²) in [4.78, 5) is 16.8. The number of likely N-dealkylation sites (tertiary alicyclic amines) is 1. The molecule has 0 bridgehead atoms. The molecule has 3 rings (SSSR count). The average molecular weight is 325 g/mol. The van der Waals surface area contributed by atoms with Crippen LogP contribution in [0.15, 0.2) is 36.7 Å². The number of carbonyl (C=O) groups excluding carboxylic acids is 1. The maximum Gasteiger partial charge on any atom is 0.282 e. The van der Waals surface area contributed by atoms with E-state index in [1.165, 1.54) is 23.3 Å². The van der Waals surface area contributed by atoms with E-state index in [0.717, 1.165) is 10.5 Å². The number of halogens is 3. The quantitative estimate of drug-likeness (QED) is 0.815. The Kier molecular flexibility index (Phi) is 3.66. The lowest BCUT2D eigenvalue weighted by Gasteiger charge is -2.37. The predicted octanol–water partition coefficient (Wildman–Crippen LogP) is 2.55. The zero-order valence-electron chi connectivity index (χ0n) is 11.3. The molecular weight excluding hydrogens is 314 g/mol. The normalized spacial score (nSPS) is 16.8. The van der Waals surface area contributed by atoms with Crippen LogP contribution in [-0.2, 0) is 4.79 Å². The van der Waals surface area contributed by atoms with Crippen LogP contribution in [0, 0.1) is 0 Å². The number of nitrogens with zero attached hydrogens (tertiary/aromatic N) is 4. The van der Waals surface area contributed by atoms with Gasteiger partial charge in [0.15, 0.2) is 5.82 Å². The Morgan fingerprint density at radius 3 is 2.82 bits per heavy atom. The molecule has 1 fully saturated rings. The lowest BCUT2D eigenvalue weighted by atomic mass is 10.1. The summed E-state index contributed by atoms with van der Waals surface area (Å²) in [5, 5.41) is 4.73. The van der Waals surface area contributed by atoms with E-state index in [2.05, 4.69) is 10.1 Å². The Labute approximate surface area is 129 Å². The summed E-state index contributed by atoms with van der Waals surface area (Å²) in [6, 6.07) is 7.05. The molecule has 1 aromatic carbocycles. The summed E-state index contributed by atoms with van der Waals surface area (Å²) in [6.45, 7) is -1.08. The van der Waals surface area contributed by atoms with Gasteiger partial charge >= 0.3 is 0 Å². The molecule has 0 saturated carbocycles. The van der Waals surface area contributed by atoms with Crippen LogP contribution < -0.4 is 0 Å². The van der Waals surface area contributed by atoms with Crippen LogP contribution in [0.5, 0.6) is 0 Å². The van der Waals surface area contributed by atoms with Crippen molar-refractivity contribution in [3.05, 3.63) is 41.7 Å². The summed E-state index contributed by atoms with van der Waals surface area (Å²) in [5.41, 5.74) is 0.744. The van der Waals surface area contributed by atoms with Gasteiger partial charge in [-0.2, -0.15) is 0 Å². The molecule has 1 aromatic heterocycles. The van der Waals surface area contributed by atoms with Crippen molar-refractivity contribution in [3.8, 4) is 11.4 Å². The number of alkyl halides is 2. The fraction of sp³-hybridized carbons (Fsp3) is 0.214. The van der Waals surface area contributed by atoms with Crippen molar-refractivity contribution in [1.82, 2.24) is 19.7 Å². The highest BCUT2D eigenvalue weighted by atomic mass is 35.5. The molecular formula is C14H11ClF2N4O. The van der Waals surface area contributed by atoms with E-state index >= 15 is 0 Å². The first-order chi connectivity index (χ1) is 10.4. The lowest BCUT2D eigenvalue weighted by Crippen LogP contribution is -2.58. The molecule has 0 N–H and O–H groups in total. The predicted molar refractivity (Wildman–Crippen MR) is 77.3 cm³/mol. The van der Waals surface area contributed by atoms with Crippen molar-refractivity contribution in [3.63, 3.8) is 0 Å². The molecule has 8 heteroatoms. The second kappa shape index (κ2) is 5.49. The summed E-state index contributed by atoms with van der Waals surface area (Å²) in [5.74, 6) is -2.79.